The number of nitrogens with zero attached hydrogens (tertiary/aromatic N) is 2. The van der Waals surface area contributed by atoms with Crippen molar-refractivity contribution in [1.29, 1.82) is 0 Å². The van der Waals surface area contributed by atoms with Crippen LogP contribution in [0.15, 0.2) is 53.6 Å². The number of aryl methyl sites for hydroxylation is 2. The number of azo groups is 1. The standard InChI is InChI=1S/C18H22N2O/c1-3-5-15-7-11-17(12-8-15)19-20(21)18-13-9-16(6-4-2)10-14-18/h7-14H,3-6H2,1-2H3. The molecule has 110 valence electrons. The minimum Gasteiger partial charge on any atom is -0.594 e. The van der Waals surface area contributed by atoms with Crippen molar-refractivity contribution in [1.82, 2.24) is 0 Å². The molecule has 0 atom stereocenters. The van der Waals surface area contributed by atoms with Crippen LogP contribution in [0, 0.1) is 5.21 Å². The van der Waals surface area contributed by atoms with Gasteiger partial charge in [0.1, 0.15) is 5.69 Å². The highest BCUT2D eigenvalue weighted by Gasteiger charge is 2.04. The van der Waals surface area contributed by atoms with Gasteiger partial charge in [0, 0.05) is 17.2 Å². The molecule has 21 heavy (non-hydrogen) atoms. The van der Waals surface area contributed by atoms with E-state index in [-0.39, 0.29) is 0 Å². The van der Waals surface area contributed by atoms with E-state index in [1.165, 1.54) is 11.1 Å². The van der Waals surface area contributed by atoms with Crippen LogP contribution in [0.2, 0.25) is 0 Å². The van der Waals surface area contributed by atoms with Gasteiger partial charge in [0.15, 0.2) is 0 Å². The summed E-state index contributed by atoms with van der Waals surface area (Å²) >= 11 is 0. The molecule has 0 aromatic heterocycles. The van der Waals surface area contributed by atoms with E-state index in [2.05, 4.69) is 19.0 Å². The molecule has 0 N–H and O–H groups in total. The summed E-state index contributed by atoms with van der Waals surface area (Å²) in [6.45, 7) is 4.30. The van der Waals surface area contributed by atoms with E-state index in [4.69, 9.17) is 0 Å². The van der Waals surface area contributed by atoms with E-state index in [0.29, 0.717) is 16.2 Å². The van der Waals surface area contributed by atoms with Gasteiger partial charge in [0.25, 0.3) is 0 Å². The van der Waals surface area contributed by atoms with Crippen molar-refractivity contribution >= 4 is 11.4 Å². The Morgan fingerprint density at radius 1 is 0.810 bits per heavy atom. The fourth-order valence-electron chi connectivity index (χ4n) is 2.26. The molecule has 0 unspecified atom stereocenters. The molecule has 2 aromatic carbocycles. The van der Waals surface area contributed by atoms with Crippen molar-refractivity contribution < 1.29 is 4.86 Å². The van der Waals surface area contributed by atoms with Gasteiger partial charge in [-0.2, -0.15) is 0 Å². The lowest BCUT2D eigenvalue weighted by molar-refractivity contribution is -0.435. The molecule has 2 aromatic rings. The third kappa shape index (κ3) is 4.42. The normalized spacial score (nSPS) is 11.6. The third-order valence-electron chi connectivity index (χ3n) is 3.38. The molecule has 3 nitrogen and oxygen atoms in total. The van der Waals surface area contributed by atoms with Crippen LogP contribution >= 0.6 is 0 Å². The Hall–Kier alpha value is -2.16. The van der Waals surface area contributed by atoms with Gasteiger partial charge in [-0.15, -0.1) is 0 Å². The first-order valence-electron chi connectivity index (χ1n) is 7.59. The Morgan fingerprint density at radius 2 is 1.29 bits per heavy atom. The number of hydrogen-bond acceptors (Lipinski definition) is 2. The van der Waals surface area contributed by atoms with Crippen LogP contribution in [0.4, 0.5) is 11.4 Å². The van der Waals surface area contributed by atoms with Crippen molar-refractivity contribution in [2.24, 2.45) is 5.11 Å². The zero-order valence-corrected chi connectivity index (χ0v) is 12.7. The minimum absolute atomic E-state index is 0.562. The highest BCUT2D eigenvalue weighted by Crippen LogP contribution is 2.19. The van der Waals surface area contributed by atoms with Gasteiger partial charge in [-0.3, -0.25) is 0 Å². The van der Waals surface area contributed by atoms with E-state index < -0.39 is 0 Å². The quantitative estimate of drug-likeness (QED) is 0.390. The summed E-state index contributed by atoms with van der Waals surface area (Å²) in [4.78, 5) is 0.685. The molecule has 3 heteroatoms. The predicted octanol–water partition coefficient (Wildman–Crippen LogP) is 5.52. The van der Waals surface area contributed by atoms with Crippen molar-refractivity contribution in [3.05, 3.63) is 64.9 Å². The van der Waals surface area contributed by atoms with Gasteiger partial charge in [0.05, 0.1) is 0 Å². The lowest BCUT2D eigenvalue weighted by atomic mass is 10.1. The Kier molecular flexibility index (Phi) is 5.50. The van der Waals surface area contributed by atoms with Crippen LogP contribution in [-0.4, -0.2) is 4.86 Å². The third-order valence-corrected chi connectivity index (χ3v) is 3.38. The van der Waals surface area contributed by atoms with Gasteiger partial charge < -0.3 is 5.21 Å². The molecule has 0 saturated carbocycles. The first-order valence-corrected chi connectivity index (χ1v) is 7.59. The maximum atomic E-state index is 12.0. The number of rotatable bonds is 6. The average Bonchev–Trinajstić information content (AvgIpc) is 2.50. The summed E-state index contributed by atoms with van der Waals surface area (Å²) in [5, 5.41) is 16.1. The first-order chi connectivity index (χ1) is 10.2. The molecule has 2 rings (SSSR count). The molecular formula is C18H22N2O. The van der Waals surface area contributed by atoms with Crippen molar-refractivity contribution in [3.8, 4) is 0 Å². The van der Waals surface area contributed by atoms with Gasteiger partial charge in [-0.25, -0.2) is 0 Å². The number of hydrogen-bond donors (Lipinski definition) is 0. The second-order valence-corrected chi connectivity index (χ2v) is 5.21. The topological polar surface area (TPSA) is 38.4 Å². The van der Waals surface area contributed by atoms with Crippen LogP contribution in [0.1, 0.15) is 37.8 Å². The molecule has 0 saturated heterocycles. The molecule has 0 aliphatic carbocycles. The van der Waals surface area contributed by atoms with E-state index in [9.17, 15) is 5.21 Å². The summed E-state index contributed by atoms with van der Waals surface area (Å²) in [7, 11) is 0. The Labute approximate surface area is 126 Å². The van der Waals surface area contributed by atoms with Gasteiger partial charge >= 0.3 is 0 Å². The summed E-state index contributed by atoms with van der Waals surface area (Å²) in [6, 6.07) is 15.5. The molecular weight excluding hydrogens is 260 g/mol. The molecule has 0 fully saturated rings. The predicted molar refractivity (Wildman–Crippen MR) is 86.2 cm³/mol. The van der Waals surface area contributed by atoms with Crippen LogP contribution in [0.3, 0.4) is 0 Å². The monoisotopic (exact) mass is 282 g/mol. The van der Waals surface area contributed by atoms with Gasteiger partial charge in [-0.05, 0) is 36.1 Å². The minimum atomic E-state index is 0.562. The van der Waals surface area contributed by atoms with Crippen LogP contribution in [-0.2, 0) is 12.8 Å². The Bertz CT molecular complexity index is 586. The smallest absolute Gasteiger partial charge is 0.244 e. The van der Waals surface area contributed by atoms with Crippen molar-refractivity contribution in [2.75, 3.05) is 0 Å². The van der Waals surface area contributed by atoms with Crippen LogP contribution in [0.5, 0.6) is 0 Å². The van der Waals surface area contributed by atoms with Crippen molar-refractivity contribution in [2.45, 2.75) is 39.5 Å². The molecule has 0 aliphatic heterocycles. The van der Waals surface area contributed by atoms with Gasteiger partial charge in [0.2, 0.25) is 5.69 Å². The number of benzene rings is 2. The summed E-state index contributed by atoms with van der Waals surface area (Å²) < 4.78 is 0. The second-order valence-electron chi connectivity index (χ2n) is 5.21. The van der Waals surface area contributed by atoms with E-state index in [0.717, 1.165) is 25.7 Å². The molecule has 0 heterocycles. The summed E-state index contributed by atoms with van der Waals surface area (Å²) in [6.07, 6.45) is 4.32. The van der Waals surface area contributed by atoms with Crippen LogP contribution in [0.25, 0.3) is 0 Å². The summed E-state index contributed by atoms with van der Waals surface area (Å²) in [5.74, 6) is 0. The molecule has 0 radical (unpaired) electrons. The Balaban J connectivity index is 2.12. The van der Waals surface area contributed by atoms with Crippen molar-refractivity contribution in [3.63, 3.8) is 0 Å². The Morgan fingerprint density at radius 3 is 1.76 bits per heavy atom. The van der Waals surface area contributed by atoms with E-state index in [1.54, 1.807) is 0 Å². The lowest BCUT2D eigenvalue weighted by Gasteiger charge is -2.02. The maximum absolute atomic E-state index is 12.0. The van der Waals surface area contributed by atoms with Gasteiger partial charge in [-0.1, -0.05) is 55.8 Å². The summed E-state index contributed by atoms with van der Waals surface area (Å²) in [5.41, 5.74) is 3.77. The average molecular weight is 282 g/mol. The zero-order chi connectivity index (χ0) is 15.1. The zero-order valence-electron chi connectivity index (χ0n) is 12.7. The lowest BCUT2D eigenvalue weighted by Crippen LogP contribution is -1.91. The fraction of sp³-hybridized carbons (Fsp3) is 0.333. The molecule has 0 amide bonds. The first kappa shape index (κ1) is 15.2. The molecule has 0 bridgehead atoms. The maximum Gasteiger partial charge on any atom is 0.244 e. The fourth-order valence-corrected chi connectivity index (χ4v) is 2.26. The highest BCUT2D eigenvalue weighted by molar-refractivity contribution is 5.38. The SMILES string of the molecule is CCCc1ccc(N=[N+]([O-])c2ccc(CCC)cc2)cc1. The largest absolute Gasteiger partial charge is 0.594 e. The van der Waals surface area contributed by atoms with E-state index >= 15 is 0 Å². The van der Waals surface area contributed by atoms with E-state index in [1.807, 2.05) is 48.5 Å². The second kappa shape index (κ2) is 7.58. The molecule has 0 aliphatic rings. The highest BCUT2D eigenvalue weighted by atomic mass is 16.5. The van der Waals surface area contributed by atoms with Crippen LogP contribution < -0.4 is 0 Å². The molecule has 0 spiro atoms.